The van der Waals surface area contributed by atoms with E-state index in [2.05, 4.69) is 4.98 Å². The van der Waals surface area contributed by atoms with Crippen LogP contribution in [0, 0.1) is 5.82 Å². The lowest BCUT2D eigenvalue weighted by atomic mass is 10.3. The van der Waals surface area contributed by atoms with Gasteiger partial charge in [0.05, 0.1) is 28.5 Å². The number of imidazole rings is 1. The fourth-order valence-electron chi connectivity index (χ4n) is 2.77. The second kappa shape index (κ2) is 5.33. The van der Waals surface area contributed by atoms with Crippen LogP contribution in [0.15, 0.2) is 12.1 Å². The largest absolute Gasteiger partial charge is 0.476 e. The van der Waals surface area contributed by atoms with Gasteiger partial charge in [0.25, 0.3) is 0 Å². The highest BCUT2D eigenvalue weighted by Crippen LogP contribution is 2.38. The number of ether oxygens (including phenoxy) is 1. The van der Waals surface area contributed by atoms with Crippen molar-refractivity contribution in [2.24, 2.45) is 0 Å². The molecule has 0 saturated carbocycles. The molecule has 1 aromatic carbocycles. The molecule has 4 rings (SSSR count). The monoisotopic (exact) mass is 355 g/mol. The molecule has 1 N–H and O–H groups in total. The molecule has 0 atom stereocenters. The summed E-state index contributed by atoms with van der Waals surface area (Å²) in [6, 6.07) is 2.87. The molecular formula is C14H11ClFN3O3S. The maximum absolute atomic E-state index is 13.7. The zero-order valence-corrected chi connectivity index (χ0v) is 13.3. The Bertz CT molecular complexity index is 933. The van der Waals surface area contributed by atoms with Crippen molar-refractivity contribution in [3.05, 3.63) is 28.7 Å². The van der Waals surface area contributed by atoms with Gasteiger partial charge in [-0.25, -0.2) is 14.2 Å². The number of halogens is 2. The molecule has 3 aromatic rings. The number of fused-ring (bicyclic) bond motifs is 3. The van der Waals surface area contributed by atoms with Crippen molar-refractivity contribution in [3.8, 4) is 0 Å². The number of carbonyl (C=O) groups is 1. The lowest BCUT2D eigenvalue weighted by Crippen LogP contribution is -2.37. The summed E-state index contributed by atoms with van der Waals surface area (Å²) >= 11 is 7.22. The smallest absolute Gasteiger partial charge is 0.358 e. The fourth-order valence-corrected chi connectivity index (χ4v) is 4.10. The zero-order valence-electron chi connectivity index (χ0n) is 11.8. The van der Waals surface area contributed by atoms with Gasteiger partial charge in [0, 0.05) is 13.1 Å². The first-order chi connectivity index (χ1) is 11.1. The topological polar surface area (TPSA) is 67.1 Å². The molecule has 9 heteroatoms. The number of carboxylic acids is 1. The first-order valence-corrected chi connectivity index (χ1v) is 8.12. The van der Waals surface area contributed by atoms with Crippen LogP contribution in [-0.4, -0.2) is 46.8 Å². The van der Waals surface area contributed by atoms with Crippen LogP contribution in [0.3, 0.4) is 0 Å². The number of thiazole rings is 1. The van der Waals surface area contributed by atoms with Gasteiger partial charge in [-0.05, 0) is 12.1 Å². The van der Waals surface area contributed by atoms with E-state index in [4.69, 9.17) is 16.3 Å². The Hall–Kier alpha value is -1.90. The summed E-state index contributed by atoms with van der Waals surface area (Å²) in [5, 5.41) is 9.50. The Morgan fingerprint density at radius 2 is 2.13 bits per heavy atom. The lowest BCUT2D eigenvalue weighted by molar-refractivity contribution is 0.0690. The van der Waals surface area contributed by atoms with Crippen LogP contribution in [0.4, 0.5) is 10.2 Å². The van der Waals surface area contributed by atoms with Gasteiger partial charge < -0.3 is 14.7 Å². The number of anilines is 1. The van der Waals surface area contributed by atoms with E-state index >= 15 is 0 Å². The number of morpholine rings is 1. The van der Waals surface area contributed by atoms with Gasteiger partial charge in [0.2, 0.25) is 0 Å². The van der Waals surface area contributed by atoms with Crippen molar-refractivity contribution in [1.29, 1.82) is 0 Å². The highest BCUT2D eigenvalue weighted by atomic mass is 35.5. The summed E-state index contributed by atoms with van der Waals surface area (Å²) in [5.41, 5.74) is 0.637. The van der Waals surface area contributed by atoms with E-state index in [1.54, 1.807) is 10.5 Å². The Morgan fingerprint density at radius 3 is 2.83 bits per heavy atom. The predicted octanol–water partition coefficient (Wildman–Crippen LogP) is 2.88. The van der Waals surface area contributed by atoms with E-state index in [0.717, 1.165) is 0 Å². The number of nitrogens with zero attached hydrogens (tertiary/aromatic N) is 3. The van der Waals surface area contributed by atoms with Gasteiger partial charge in [-0.1, -0.05) is 22.9 Å². The van der Waals surface area contributed by atoms with Crippen LogP contribution in [0.25, 0.3) is 15.2 Å². The summed E-state index contributed by atoms with van der Waals surface area (Å²) in [7, 11) is 0. The molecule has 2 aromatic heterocycles. The summed E-state index contributed by atoms with van der Waals surface area (Å²) in [6.45, 7) is 2.17. The molecule has 0 aliphatic carbocycles. The number of hydrogen-bond donors (Lipinski definition) is 1. The second-order valence-corrected chi connectivity index (χ2v) is 6.47. The first kappa shape index (κ1) is 14.7. The molecule has 0 amide bonds. The Labute approximate surface area is 138 Å². The molecule has 1 aliphatic rings. The highest BCUT2D eigenvalue weighted by molar-refractivity contribution is 7.24. The number of hydrogen-bond acceptors (Lipinski definition) is 5. The van der Waals surface area contributed by atoms with Gasteiger partial charge in [0.15, 0.2) is 10.7 Å². The first-order valence-electron chi connectivity index (χ1n) is 6.93. The molecule has 1 aliphatic heterocycles. The molecule has 120 valence electrons. The maximum Gasteiger partial charge on any atom is 0.358 e. The molecule has 0 spiro atoms. The molecule has 1 fully saturated rings. The van der Waals surface area contributed by atoms with E-state index < -0.39 is 11.8 Å². The van der Waals surface area contributed by atoms with E-state index in [1.807, 2.05) is 4.90 Å². The minimum Gasteiger partial charge on any atom is -0.476 e. The van der Waals surface area contributed by atoms with Crippen LogP contribution in [-0.2, 0) is 4.74 Å². The standard InChI is InChI=1S/C14H11ClFN3O3S/c15-9-7(16)1-2-8-11(9)23-14-17-10(13(20)21)12(19(8)14)18-3-5-22-6-4-18/h1-2H,3-6H2,(H,20,21). The van der Waals surface area contributed by atoms with Crippen LogP contribution in [0.2, 0.25) is 5.02 Å². The van der Waals surface area contributed by atoms with Crippen LogP contribution >= 0.6 is 22.9 Å². The number of benzene rings is 1. The molecule has 1 saturated heterocycles. The van der Waals surface area contributed by atoms with Crippen molar-refractivity contribution in [3.63, 3.8) is 0 Å². The van der Waals surface area contributed by atoms with E-state index in [-0.39, 0.29) is 10.7 Å². The minimum atomic E-state index is -1.09. The van der Waals surface area contributed by atoms with Crippen molar-refractivity contribution < 1.29 is 19.0 Å². The van der Waals surface area contributed by atoms with Crippen LogP contribution in [0.5, 0.6) is 0 Å². The third kappa shape index (κ3) is 2.17. The summed E-state index contributed by atoms with van der Waals surface area (Å²) in [5.74, 6) is -1.11. The summed E-state index contributed by atoms with van der Waals surface area (Å²) < 4.78 is 21.3. The van der Waals surface area contributed by atoms with E-state index in [1.165, 1.54) is 17.4 Å². The third-order valence-corrected chi connectivity index (χ3v) is 5.35. The normalized spacial score (nSPS) is 15.7. The molecule has 0 radical (unpaired) electrons. The Morgan fingerprint density at radius 1 is 1.39 bits per heavy atom. The predicted molar refractivity (Wildman–Crippen MR) is 85.5 cm³/mol. The zero-order chi connectivity index (χ0) is 16.1. The number of aromatic nitrogens is 2. The van der Waals surface area contributed by atoms with Gasteiger partial charge in [0.1, 0.15) is 11.6 Å². The quantitative estimate of drug-likeness (QED) is 0.765. The van der Waals surface area contributed by atoms with Gasteiger partial charge >= 0.3 is 5.97 Å². The highest BCUT2D eigenvalue weighted by Gasteiger charge is 2.27. The maximum atomic E-state index is 13.7. The molecule has 23 heavy (non-hydrogen) atoms. The van der Waals surface area contributed by atoms with Crippen molar-refractivity contribution in [2.75, 3.05) is 31.2 Å². The molecular weight excluding hydrogens is 345 g/mol. The average molecular weight is 356 g/mol. The van der Waals surface area contributed by atoms with Crippen LogP contribution < -0.4 is 4.90 Å². The molecule has 0 unspecified atom stereocenters. The third-order valence-electron chi connectivity index (χ3n) is 3.80. The Balaban J connectivity index is 2.05. The molecule has 3 heterocycles. The van der Waals surface area contributed by atoms with E-state index in [0.29, 0.717) is 47.3 Å². The second-order valence-electron chi connectivity index (χ2n) is 5.12. The van der Waals surface area contributed by atoms with Gasteiger partial charge in [-0.3, -0.25) is 4.40 Å². The van der Waals surface area contributed by atoms with Crippen molar-refractivity contribution in [2.45, 2.75) is 0 Å². The molecule has 6 nitrogen and oxygen atoms in total. The summed E-state index contributed by atoms with van der Waals surface area (Å²) in [4.78, 5) is 18.2. The van der Waals surface area contributed by atoms with Gasteiger partial charge in [-0.2, -0.15) is 0 Å². The van der Waals surface area contributed by atoms with Crippen molar-refractivity contribution in [1.82, 2.24) is 9.38 Å². The van der Waals surface area contributed by atoms with Crippen molar-refractivity contribution >= 4 is 49.9 Å². The lowest BCUT2D eigenvalue weighted by Gasteiger charge is -2.28. The SMILES string of the molecule is O=C(O)c1nc2sc3c(Cl)c(F)ccc3n2c1N1CCOCC1. The Kier molecular flexibility index (Phi) is 3.40. The number of aromatic carboxylic acids is 1. The number of carboxylic acid groups (broad SMARTS) is 1. The summed E-state index contributed by atoms with van der Waals surface area (Å²) in [6.07, 6.45) is 0. The minimum absolute atomic E-state index is 0.0134. The molecule has 0 bridgehead atoms. The average Bonchev–Trinajstić information content (AvgIpc) is 3.08. The van der Waals surface area contributed by atoms with Crippen LogP contribution in [0.1, 0.15) is 10.5 Å². The number of rotatable bonds is 2. The van der Waals surface area contributed by atoms with E-state index in [9.17, 15) is 14.3 Å². The fraction of sp³-hybridized carbons (Fsp3) is 0.286. The van der Waals surface area contributed by atoms with Gasteiger partial charge in [-0.15, -0.1) is 0 Å².